The average Bonchev–Trinajstić information content (AvgIpc) is 3.00. The predicted molar refractivity (Wildman–Crippen MR) is 113 cm³/mol. The van der Waals surface area contributed by atoms with Crippen LogP contribution in [-0.2, 0) is 9.47 Å². The molecule has 6 nitrogen and oxygen atoms in total. The summed E-state index contributed by atoms with van der Waals surface area (Å²) < 4.78 is 17.3. The number of anilines is 1. The van der Waals surface area contributed by atoms with E-state index >= 15 is 0 Å². The Kier molecular flexibility index (Phi) is 5.83. The maximum absolute atomic E-state index is 12.9. The predicted octanol–water partition coefficient (Wildman–Crippen LogP) is 4.26. The normalized spacial score (nSPS) is 16.5. The van der Waals surface area contributed by atoms with Crippen LogP contribution in [0.2, 0.25) is 0 Å². The largest absolute Gasteiger partial charge is 0.466 e. The highest BCUT2D eigenvalue weighted by Gasteiger charge is 2.39. The van der Waals surface area contributed by atoms with Crippen LogP contribution in [-0.4, -0.2) is 43.9 Å². The summed E-state index contributed by atoms with van der Waals surface area (Å²) in [5, 5.41) is 11.9. The molecule has 1 N–H and O–H groups in total. The molecule has 1 amide bonds. The van der Waals surface area contributed by atoms with Crippen molar-refractivity contribution in [3.8, 4) is 5.75 Å². The number of methoxy groups -OCH3 is 1. The number of hydrogen-bond donors (Lipinski definition) is 1. The van der Waals surface area contributed by atoms with Gasteiger partial charge in [0.1, 0.15) is 11.4 Å². The monoisotopic (exact) mass is 485 g/mol. The zero-order valence-electron chi connectivity index (χ0n) is 15.9. The first kappa shape index (κ1) is 20.2. The second-order valence-corrected chi connectivity index (χ2v) is 8.55. The number of ether oxygens (including phenoxy) is 3. The van der Waals surface area contributed by atoms with E-state index in [1.54, 1.807) is 12.0 Å². The lowest BCUT2D eigenvalue weighted by atomic mass is 9.95. The summed E-state index contributed by atoms with van der Waals surface area (Å²) >= 11 is 2.19. The van der Waals surface area contributed by atoms with E-state index in [9.17, 15) is 9.90 Å². The number of carbonyl (C=O) groups is 1. The summed E-state index contributed by atoms with van der Waals surface area (Å²) in [5.41, 5.74) is 1.09. The Hall–Kier alpha value is -1.58. The van der Waals surface area contributed by atoms with E-state index in [-0.39, 0.29) is 19.3 Å². The molecular formula is C20H24INO5. The summed E-state index contributed by atoms with van der Waals surface area (Å²) in [4.78, 5) is 14.5. The number of aliphatic hydroxyl groups is 1. The van der Waals surface area contributed by atoms with Crippen LogP contribution in [0.3, 0.4) is 0 Å². The number of benzene rings is 2. The minimum absolute atomic E-state index is 0.0509. The summed E-state index contributed by atoms with van der Waals surface area (Å²) in [6, 6.07) is 7.86. The molecule has 0 unspecified atom stereocenters. The third-order valence-electron chi connectivity index (χ3n) is 4.36. The highest BCUT2D eigenvalue weighted by Crippen LogP contribution is 2.49. The van der Waals surface area contributed by atoms with Crippen molar-refractivity contribution in [2.45, 2.75) is 32.3 Å². The van der Waals surface area contributed by atoms with Crippen LogP contribution >= 0.6 is 22.6 Å². The Bertz CT molecular complexity index is 862. The van der Waals surface area contributed by atoms with Crippen LogP contribution in [0.5, 0.6) is 5.75 Å². The molecule has 0 fully saturated rings. The molecule has 7 heteroatoms. The quantitative estimate of drug-likeness (QED) is 0.518. The summed E-state index contributed by atoms with van der Waals surface area (Å²) in [6.07, 6.45) is -0.425. The molecule has 0 radical (unpaired) electrons. The molecule has 0 aliphatic carbocycles. The van der Waals surface area contributed by atoms with Crippen LogP contribution in [0.1, 0.15) is 32.3 Å². The number of nitrogens with zero attached hydrogens (tertiary/aromatic N) is 1. The minimum atomic E-state index is -0.605. The third-order valence-corrected chi connectivity index (χ3v) is 5.36. The molecule has 0 bridgehead atoms. The molecule has 1 aliphatic heterocycles. The fourth-order valence-corrected chi connectivity index (χ4v) is 4.39. The molecule has 1 heterocycles. The summed E-state index contributed by atoms with van der Waals surface area (Å²) in [5.74, 6) is 0.487. The first-order chi connectivity index (χ1) is 12.8. The van der Waals surface area contributed by atoms with Gasteiger partial charge in [-0.2, -0.15) is 0 Å². The van der Waals surface area contributed by atoms with Gasteiger partial charge in [0.2, 0.25) is 0 Å². The molecule has 1 aliphatic rings. The fourth-order valence-electron chi connectivity index (χ4n) is 3.36. The topological polar surface area (TPSA) is 68.2 Å². The number of aliphatic hydroxyl groups excluding tert-OH is 1. The number of amides is 1. The smallest absolute Gasteiger partial charge is 0.414 e. The Balaban J connectivity index is 2.21. The third kappa shape index (κ3) is 3.86. The van der Waals surface area contributed by atoms with E-state index in [0.29, 0.717) is 12.3 Å². The SMILES string of the molecule is COCOc1c(I)c2c(c3ccccc13)[C@H](CO)CN2C(=O)OC(C)(C)C. The molecule has 0 aromatic heterocycles. The molecule has 27 heavy (non-hydrogen) atoms. The van der Waals surface area contributed by atoms with Crippen molar-refractivity contribution in [1.29, 1.82) is 0 Å². The van der Waals surface area contributed by atoms with Gasteiger partial charge in [0.15, 0.2) is 6.79 Å². The van der Waals surface area contributed by atoms with Crippen molar-refractivity contribution in [2.75, 3.05) is 32.0 Å². The average molecular weight is 485 g/mol. The number of hydrogen-bond acceptors (Lipinski definition) is 5. The van der Waals surface area contributed by atoms with Gasteiger partial charge in [-0.05, 0) is 54.3 Å². The van der Waals surface area contributed by atoms with E-state index in [0.717, 1.165) is 25.6 Å². The standard InChI is InChI=1S/C20H24INO5/c1-20(2,3)27-19(24)22-9-12(10-23)15-13-7-5-6-8-14(13)18(26-11-25-4)16(21)17(15)22/h5-8,12,23H,9-11H2,1-4H3/t12-/m0/s1. The Morgan fingerprint density at radius 2 is 1.96 bits per heavy atom. The van der Waals surface area contributed by atoms with Crippen molar-refractivity contribution >= 4 is 45.1 Å². The number of carbonyl (C=O) groups excluding carboxylic acids is 1. The van der Waals surface area contributed by atoms with Crippen molar-refractivity contribution in [3.63, 3.8) is 0 Å². The van der Waals surface area contributed by atoms with E-state index < -0.39 is 11.7 Å². The highest BCUT2D eigenvalue weighted by atomic mass is 127. The number of halogens is 1. The van der Waals surface area contributed by atoms with Gasteiger partial charge in [0.25, 0.3) is 0 Å². The Morgan fingerprint density at radius 1 is 1.30 bits per heavy atom. The molecule has 1 atom stereocenters. The molecule has 146 valence electrons. The Morgan fingerprint density at radius 3 is 2.56 bits per heavy atom. The number of fused-ring (bicyclic) bond motifs is 3. The van der Waals surface area contributed by atoms with Crippen molar-refractivity contribution in [2.24, 2.45) is 0 Å². The van der Waals surface area contributed by atoms with Crippen LogP contribution in [0.15, 0.2) is 24.3 Å². The molecular weight excluding hydrogens is 461 g/mol. The molecule has 2 aromatic rings. The van der Waals surface area contributed by atoms with Crippen molar-refractivity contribution in [1.82, 2.24) is 0 Å². The van der Waals surface area contributed by atoms with Crippen molar-refractivity contribution < 1.29 is 24.1 Å². The molecule has 2 aromatic carbocycles. The molecule has 0 saturated carbocycles. The lowest BCUT2D eigenvalue weighted by molar-refractivity contribution is 0.0516. The highest BCUT2D eigenvalue weighted by molar-refractivity contribution is 14.1. The maximum Gasteiger partial charge on any atom is 0.414 e. The second-order valence-electron chi connectivity index (χ2n) is 7.47. The van der Waals surface area contributed by atoms with Gasteiger partial charge >= 0.3 is 6.09 Å². The van der Waals surface area contributed by atoms with Gasteiger partial charge in [0.05, 0.1) is 15.9 Å². The van der Waals surface area contributed by atoms with E-state index in [1.165, 1.54) is 0 Å². The minimum Gasteiger partial charge on any atom is -0.466 e. The fraction of sp³-hybridized carbons (Fsp3) is 0.450. The van der Waals surface area contributed by atoms with Gasteiger partial charge in [-0.15, -0.1) is 0 Å². The van der Waals surface area contributed by atoms with Crippen LogP contribution in [0.4, 0.5) is 10.5 Å². The maximum atomic E-state index is 12.9. The lowest BCUT2D eigenvalue weighted by Crippen LogP contribution is -2.36. The van der Waals surface area contributed by atoms with Gasteiger partial charge in [-0.25, -0.2) is 4.79 Å². The van der Waals surface area contributed by atoms with Crippen LogP contribution in [0, 0.1) is 3.57 Å². The van der Waals surface area contributed by atoms with Gasteiger partial charge < -0.3 is 19.3 Å². The molecule has 3 rings (SSSR count). The van der Waals surface area contributed by atoms with Gasteiger partial charge in [-0.1, -0.05) is 24.3 Å². The van der Waals surface area contributed by atoms with Gasteiger partial charge in [-0.3, -0.25) is 4.90 Å². The molecule has 0 spiro atoms. The van der Waals surface area contributed by atoms with E-state index in [1.807, 2.05) is 45.0 Å². The van der Waals surface area contributed by atoms with Crippen LogP contribution in [0.25, 0.3) is 10.8 Å². The van der Waals surface area contributed by atoms with Gasteiger partial charge in [0, 0.05) is 25.0 Å². The second kappa shape index (κ2) is 7.81. The summed E-state index contributed by atoms with van der Waals surface area (Å²) in [6.45, 7) is 5.94. The van der Waals surface area contributed by atoms with E-state index in [4.69, 9.17) is 14.2 Å². The first-order valence-electron chi connectivity index (χ1n) is 8.75. The number of rotatable bonds is 4. The van der Waals surface area contributed by atoms with Crippen molar-refractivity contribution in [3.05, 3.63) is 33.4 Å². The molecule has 0 saturated heterocycles. The first-order valence-corrected chi connectivity index (χ1v) is 9.83. The van der Waals surface area contributed by atoms with E-state index in [2.05, 4.69) is 22.6 Å². The Labute approximate surface area is 172 Å². The lowest BCUT2D eigenvalue weighted by Gasteiger charge is -2.26. The zero-order valence-corrected chi connectivity index (χ0v) is 18.1. The zero-order chi connectivity index (χ0) is 19.8. The van der Waals surface area contributed by atoms with Crippen LogP contribution < -0.4 is 9.64 Å². The summed E-state index contributed by atoms with van der Waals surface area (Å²) in [7, 11) is 1.57.